The number of nitriles is 1. The van der Waals surface area contributed by atoms with E-state index in [2.05, 4.69) is 27.3 Å². The van der Waals surface area contributed by atoms with Crippen molar-refractivity contribution in [3.8, 4) is 6.07 Å². The van der Waals surface area contributed by atoms with E-state index >= 15 is 0 Å². The molecule has 0 spiro atoms. The van der Waals surface area contributed by atoms with E-state index < -0.39 is 5.54 Å². The molecule has 1 aromatic rings. The van der Waals surface area contributed by atoms with Crippen molar-refractivity contribution in [1.82, 2.24) is 5.32 Å². The molecule has 1 N–H and O–H groups in total. The maximum absolute atomic E-state index is 12.2. The van der Waals surface area contributed by atoms with Gasteiger partial charge in [-0.1, -0.05) is 12.1 Å². The number of benzene rings is 1. The molecule has 1 aliphatic rings. The molecule has 0 radical (unpaired) electrons. The number of rotatable bonds is 2. The summed E-state index contributed by atoms with van der Waals surface area (Å²) in [6.45, 7) is 1.94. The van der Waals surface area contributed by atoms with Crippen molar-refractivity contribution < 1.29 is 4.79 Å². The Labute approximate surface area is 119 Å². The lowest BCUT2D eigenvalue weighted by Gasteiger charge is -2.21. The molecule has 1 unspecified atom stereocenters. The van der Waals surface area contributed by atoms with Gasteiger partial charge >= 0.3 is 0 Å². The second kappa shape index (κ2) is 5.33. The van der Waals surface area contributed by atoms with E-state index in [0.29, 0.717) is 17.7 Å². The van der Waals surface area contributed by atoms with E-state index in [1.54, 1.807) is 17.8 Å². The summed E-state index contributed by atoms with van der Waals surface area (Å²) in [6.07, 6.45) is 0.712. The lowest BCUT2D eigenvalue weighted by atomic mass is 10.00. The fourth-order valence-electron chi connectivity index (χ4n) is 1.89. The Morgan fingerprint density at radius 3 is 3.00 bits per heavy atom. The molecule has 0 bridgehead atoms. The van der Waals surface area contributed by atoms with Crippen LogP contribution in [0, 0.1) is 18.3 Å². The van der Waals surface area contributed by atoms with Crippen molar-refractivity contribution >= 4 is 33.6 Å². The van der Waals surface area contributed by atoms with Gasteiger partial charge in [-0.2, -0.15) is 17.0 Å². The van der Waals surface area contributed by atoms with Crippen LogP contribution in [0.15, 0.2) is 22.7 Å². The highest BCUT2D eigenvalue weighted by atomic mass is 79.9. The maximum Gasteiger partial charge on any atom is 0.253 e. The van der Waals surface area contributed by atoms with Crippen LogP contribution in [0.3, 0.4) is 0 Å². The number of aryl methyl sites for hydroxylation is 1. The summed E-state index contributed by atoms with van der Waals surface area (Å²) in [4.78, 5) is 12.2. The third-order valence-corrected chi connectivity index (χ3v) is 5.27. The fourth-order valence-corrected chi connectivity index (χ4v) is 3.60. The number of hydrogen-bond acceptors (Lipinski definition) is 3. The van der Waals surface area contributed by atoms with Crippen LogP contribution < -0.4 is 5.32 Å². The van der Waals surface area contributed by atoms with Gasteiger partial charge in [0, 0.05) is 10.2 Å². The summed E-state index contributed by atoms with van der Waals surface area (Å²) < 4.78 is 0.793. The maximum atomic E-state index is 12.2. The SMILES string of the molecule is Cc1cccc(C(=O)NC2(C#N)CCSC2)c1Br. The number of amides is 1. The highest BCUT2D eigenvalue weighted by molar-refractivity contribution is 9.10. The Morgan fingerprint density at radius 1 is 1.61 bits per heavy atom. The standard InChI is InChI=1S/C13H13BrN2OS/c1-9-3-2-4-10(11(9)14)12(17)16-13(7-15)5-6-18-8-13/h2-4H,5-6,8H2,1H3,(H,16,17). The molecule has 1 amide bonds. The molecule has 1 fully saturated rings. The number of nitrogens with zero attached hydrogens (tertiary/aromatic N) is 1. The van der Waals surface area contributed by atoms with Crippen LogP contribution in [0.1, 0.15) is 22.3 Å². The average molecular weight is 325 g/mol. The minimum Gasteiger partial charge on any atom is -0.333 e. The first kappa shape index (κ1) is 13.4. The minimum atomic E-state index is -0.703. The predicted octanol–water partition coefficient (Wildman–Crippen LogP) is 2.89. The number of carbonyl (C=O) groups is 1. The van der Waals surface area contributed by atoms with Gasteiger partial charge in [-0.15, -0.1) is 0 Å². The number of carbonyl (C=O) groups excluding carboxylic acids is 1. The zero-order valence-corrected chi connectivity index (χ0v) is 12.4. The molecule has 1 heterocycles. The third kappa shape index (κ3) is 2.55. The molecular weight excluding hydrogens is 312 g/mol. The van der Waals surface area contributed by atoms with Crippen molar-refractivity contribution in [3.05, 3.63) is 33.8 Å². The Hall–Kier alpha value is -0.990. The van der Waals surface area contributed by atoms with Crippen LogP contribution in [-0.4, -0.2) is 23.0 Å². The summed E-state index contributed by atoms with van der Waals surface area (Å²) in [5.41, 5.74) is 0.890. The molecule has 94 valence electrons. The lowest BCUT2D eigenvalue weighted by Crippen LogP contribution is -2.47. The van der Waals surface area contributed by atoms with Crippen molar-refractivity contribution in [2.24, 2.45) is 0 Å². The highest BCUT2D eigenvalue weighted by Crippen LogP contribution is 2.28. The predicted molar refractivity (Wildman–Crippen MR) is 76.6 cm³/mol. The van der Waals surface area contributed by atoms with Crippen LogP contribution in [-0.2, 0) is 0 Å². The Morgan fingerprint density at radius 2 is 2.39 bits per heavy atom. The van der Waals surface area contributed by atoms with Gasteiger partial charge in [0.05, 0.1) is 11.6 Å². The zero-order chi connectivity index (χ0) is 13.2. The first-order chi connectivity index (χ1) is 8.58. The molecule has 1 atom stereocenters. The average Bonchev–Trinajstić information content (AvgIpc) is 2.81. The van der Waals surface area contributed by atoms with Crippen LogP contribution >= 0.6 is 27.7 Å². The summed E-state index contributed by atoms with van der Waals surface area (Å²) >= 11 is 5.12. The minimum absolute atomic E-state index is 0.186. The van der Waals surface area contributed by atoms with Gasteiger partial charge in [-0.25, -0.2) is 0 Å². The van der Waals surface area contributed by atoms with E-state index in [1.165, 1.54) is 0 Å². The van der Waals surface area contributed by atoms with E-state index in [-0.39, 0.29) is 5.91 Å². The van der Waals surface area contributed by atoms with Crippen LogP contribution in [0.4, 0.5) is 0 Å². The van der Waals surface area contributed by atoms with Gasteiger partial charge in [0.15, 0.2) is 0 Å². The first-order valence-corrected chi connectivity index (χ1v) is 7.59. The quantitative estimate of drug-likeness (QED) is 0.910. The lowest BCUT2D eigenvalue weighted by molar-refractivity contribution is 0.0925. The van der Waals surface area contributed by atoms with Crippen molar-refractivity contribution in [2.75, 3.05) is 11.5 Å². The molecule has 1 aromatic carbocycles. The van der Waals surface area contributed by atoms with Crippen LogP contribution in [0.2, 0.25) is 0 Å². The van der Waals surface area contributed by atoms with E-state index in [1.807, 2.05) is 19.1 Å². The molecule has 0 aliphatic carbocycles. The summed E-state index contributed by atoms with van der Waals surface area (Å²) in [7, 11) is 0. The fraction of sp³-hybridized carbons (Fsp3) is 0.385. The molecule has 1 aliphatic heterocycles. The molecule has 0 saturated carbocycles. The number of thioether (sulfide) groups is 1. The molecule has 5 heteroatoms. The third-order valence-electron chi connectivity index (χ3n) is 3.02. The topological polar surface area (TPSA) is 52.9 Å². The Kier molecular flexibility index (Phi) is 3.98. The van der Waals surface area contributed by atoms with Gasteiger partial charge in [-0.05, 0) is 46.7 Å². The number of hydrogen-bond donors (Lipinski definition) is 1. The molecule has 1 saturated heterocycles. The van der Waals surface area contributed by atoms with E-state index in [9.17, 15) is 10.1 Å². The largest absolute Gasteiger partial charge is 0.333 e. The summed E-state index contributed by atoms with van der Waals surface area (Å²) in [5, 5.41) is 12.1. The van der Waals surface area contributed by atoms with Gasteiger partial charge in [0.2, 0.25) is 0 Å². The second-order valence-electron chi connectivity index (χ2n) is 4.39. The monoisotopic (exact) mass is 324 g/mol. The molecule has 3 nitrogen and oxygen atoms in total. The molecule has 0 aromatic heterocycles. The smallest absolute Gasteiger partial charge is 0.253 e. The second-order valence-corrected chi connectivity index (χ2v) is 6.29. The summed E-state index contributed by atoms with van der Waals surface area (Å²) in [6, 6.07) is 7.79. The normalized spacial score (nSPS) is 22.5. The van der Waals surface area contributed by atoms with Crippen LogP contribution in [0.5, 0.6) is 0 Å². The van der Waals surface area contributed by atoms with Crippen molar-refractivity contribution in [3.63, 3.8) is 0 Å². The van der Waals surface area contributed by atoms with Gasteiger partial charge in [-0.3, -0.25) is 4.79 Å². The Balaban J connectivity index is 2.22. The summed E-state index contributed by atoms with van der Waals surface area (Å²) in [5.74, 6) is 1.40. The van der Waals surface area contributed by atoms with E-state index in [4.69, 9.17) is 0 Å². The van der Waals surface area contributed by atoms with Crippen molar-refractivity contribution in [2.45, 2.75) is 18.9 Å². The Bertz CT molecular complexity index is 518. The number of nitrogens with one attached hydrogen (secondary N) is 1. The first-order valence-electron chi connectivity index (χ1n) is 5.65. The van der Waals surface area contributed by atoms with Gasteiger partial charge in [0.1, 0.15) is 5.54 Å². The van der Waals surface area contributed by atoms with Crippen LogP contribution in [0.25, 0.3) is 0 Å². The zero-order valence-electron chi connectivity index (χ0n) is 10.00. The molecule has 18 heavy (non-hydrogen) atoms. The number of halogens is 1. The molecule has 2 rings (SSSR count). The van der Waals surface area contributed by atoms with Gasteiger partial charge < -0.3 is 5.32 Å². The highest BCUT2D eigenvalue weighted by Gasteiger charge is 2.36. The molecular formula is C13H13BrN2OS. The van der Waals surface area contributed by atoms with E-state index in [0.717, 1.165) is 15.8 Å². The van der Waals surface area contributed by atoms with Crippen molar-refractivity contribution in [1.29, 1.82) is 5.26 Å². The van der Waals surface area contributed by atoms with Gasteiger partial charge in [0.25, 0.3) is 5.91 Å².